The summed E-state index contributed by atoms with van der Waals surface area (Å²) >= 11 is 0. The molecule has 3 heteroatoms. The van der Waals surface area contributed by atoms with Gasteiger partial charge in [0.1, 0.15) is 6.10 Å². The van der Waals surface area contributed by atoms with Crippen LogP contribution in [0.1, 0.15) is 37.0 Å². The molecule has 1 aromatic carbocycles. The molecule has 2 unspecified atom stereocenters. The van der Waals surface area contributed by atoms with Crippen molar-refractivity contribution >= 4 is 0 Å². The average molecular weight is 250 g/mol. The molecule has 0 spiro atoms. The second kappa shape index (κ2) is 6.88. The smallest absolute Gasteiger partial charge is 0.106 e. The number of aliphatic hydroxyl groups is 1. The number of fused-ring (bicyclic) bond motifs is 1. The Morgan fingerprint density at radius 3 is 2.83 bits per heavy atom. The molecule has 0 aromatic heterocycles. The zero-order chi connectivity index (χ0) is 12.8. The van der Waals surface area contributed by atoms with Gasteiger partial charge in [-0.2, -0.15) is 0 Å². The summed E-state index contributed by atoms with van der Waals surface area (Å²) in [6, 6.07) is 7.99. The molecular weight excluding hydrogens is 228 g/mol. The van der Waals surface area contributed by atoms with E-state index < -0.39 is 6.10 Å². The summed E-state index contributed by atoms with van der Waals surface area (Å²) in [5.74, 6) is 0. The average Bonchev–Trinajstić information content (AvgIpc) is 2.71. The van der Waals surface area contributed by atoms with E-state index in [1.165, 1.54) is 5.56 Å². The lowest BCUT2D eigenvalue weighted by atomic mass is 10.1. The van der Waals surface area contributed by atoms with E-state index >= 15 is 0 Å². The van der Waals surface area contributed by atoms with E-state index in [0.717, 1.165) is 31.4 Å². The van der Waals surface area contributed by atoms with Crippen LogP contribution in [-0.2, 0) is 15.9 Å². The Kier molecular flexibility index (Phi) is 5.17. The van der Waals surface area contributed by atoms with Crippen molar-refractivity contribution < 1.29 is 14.6 Å². The number of ether oxygens (including phenoxy) is 2. The van der Waals surface area contributed by atoms with Crippen LogP contribution in [0, 0.1) is 0 Å². The third-order valence-corrected chi connectivity index (χ3v) is 3.35. The number of benzene rings is 1. The van der Waals surface area contributed by atoms with E-state index in [2.05, 4.69) is 13.0 Å². The minimum atomic E-state index is -0.489. The van der Waals surface area contributed by atoms with Gasteiger partial charge in [0.2, 0.25) is 0 Å². The van der Waals surface area contributed by atoms with Crippen molar-refractivity contribution in [1.29, 1.82) is 0 Å². The van der Waals surface area contributed by atoms with Crippen LogP contribution >= 0.6 is 0 Å². The lowest BCUT2D eigenvalue weighted by Gasteiger charge is -2.16. The van der Waals surface area contributed by atoms with E-state index in [1.807, 2.05) is 18.2 Å². The lowest BCUT2D eigenvalue weighted by molar-refractivity contribution is -0.0485. The van der Waals surface area contributed by atoms with Gasteiger partial charge >= 0.3 is 0 Å². The minimum Gasteiger partial charge on any atom is -0.386 e. The van der Waals surface area contributed by atoms with Gasteiger partial charge < -0.3 is 14.6 Å². The first-order chi connectivity index (χ1) is 8.83. The predicted octanol–water partition coefficient (Wildman–Crippen LogP) is 2.48. The highest BCUT2D eigenvalue weighted by molar-refractivity contribution is 5.35. The summed E-state index contributed by atoms with van der Waals surface area (Å²) in [6.07, 6.45) is 2.44. The minimum absolute atomic E-state index is 0.114. The van der Waals surface area contributed by atoms with Crippen LogP contribution in [0.5, 0.6) is 0 Å². The Balaban J connectivity index is 1.70. The van der Waals surface area contributed by atoms with Gasteiger partial charge in [0, 0.05) is 13.0 Å². The Labute approximate surface area is 109 Å². The number of hydrogen-bond donors (Lipinski definition) is 1. The molecular formula is C15H22O3. The number of hydrogen-bond acceptors (Lipinski definition) is 3. The normalized spacial score (nSPS) is 22.1. The molecule has 0 amide bonds. The first-order valence-electron chi connectivity index (χ1n) is 6.78. The second-order valence-corrected chi connectivity index (χ2v) is 4.72. The molecule has 1 aliphatic rings. The molecule has 3 nitrogen and oxygen atoms in total. The topological polar surface area (TPSA) is 38.7 Å². The summed E-state index contributed by atoms with van der Waals surface area (Å²) in [7, 11) is 0. The molecule has 0 saturated carbocycles. The molecule has 0 saturated heterocycles. The summed E-state index contributed by atoms with van der Waals surface area (Å²) in [5.41, 5.74) is 2.20. The van der Waals surface area contributed by atoms with Gasteiger partial charge in [-0.05, 0) is 17.5 Å². The molecule has 2 atom stereocenters. The molecule has 0 aliphatic heterocycles. The van der Waals surface area contributed by atoms with Gasteiger partial charge in [-0.3, -0.25) is 0 Å². The van der Waals surface area contributed by atoms with E-state index in [1.54, 1.807) is 0 Å². The maximum atomic E-state index is 10.1. The van der Waals surface area contributed by atoms with Crippen molar-refractivity contribution in [1.82, 2.24) is 0 Å². The number of unbranched alkanes of at least 4 members (excludes halogenated alkanes) is 1. The third-order valence-electron chi connectivity index (χ3n) is 3.35. The summed E-state index contributed by atoms with van der Waals surface area (Å²) in [6.45, 7) is 4.11. The first kappa shape index (κ1) is 13.5. The highest BCUT2D eigenvalue weighted by Gasteiger charge is 2.30. The Morgan fingerprint density at radius 1 is 1.22 bits per heavy atom. The highest BCUT2D eigenvalue weighted by atomic mass is 16.5. The molecule has 2 rings (SSSR count). The first-order valence-corrected chi connectivity index (χ1v) is 6.78. The van der Waals surface area contributed by atoms with Gasteiger partial charge in [-0.15, -0.1) is 0 Å². The molecule has 100 valence electrons. The van der Waals surface area contributed by atoms with Crippen molar-refractivity contribution in [2.24, 2.45) is 0 Å². The Bertz CT molecular complexity index is 365. The molecule has 1 aromatic rings. The van der Waals surface area contributed by atoms with Gasteiger partial charge in [0.15, 0.2) is 0 Å². The fourth-order valence-corrected chi connectivity index (χ4v) is 2.29. The van der Waals surface area contributed by atoms with E-state index in [-0.39, 0.29) is 6.10 Å². The van der Waals surface area contributed by atoms with Crippen LogP contribution in [0.2, 0.25) is 0 Å². The molecule has 18 heavy (non-hydrogen) atoms. The summed E-state index contributed by atoms with van der Waals surface area (Å²) in [5, 5.41) is 10.1. The van der Waals surface area contributed by atoms with Crippen LogP contribution in [0.3, 0.4) is 0 Å². The fourth-order valence-electron chi connectivity index (χ4n) is 2.29. The quantitative estimate of drug-likeness (QED) is 0.756. The number of rotatable bonds is 7. The molecule has 0 radical (unpaired) electrons. The highest BCUT2D eigenvalue weighted by Crippen LogP contribution is 2.32. The van der Waals surface area contributed by atoms with E-state index in [9.17, 15) is 5.11 Å². The van der Waals surface area contributed by atoms with Crippen molar-refractivity contribution in [2.45, 2.75) is 38.4 Å². The Hall–Kier alpha value is -0.900. The maximum absolute atomic E-state index is 10.1. The van der Waals surface area contributed by atoms with E-state index in [0.29, 0.717) is 13.2 Å². The van der Waals surface area contributed by atoms with Crippen molar-refractivity contribution in [2.75, 3.05) is 19.8 Å². The van der Waals surface area contributed by atoms with Gasteiger partial charge in [0.25, 0.3) is 0 Å². The van der Waals surface area contributed by atoms with E-state index in [4.69, 9.17) is 9.47 Å². The Morgan fingerprint density at radius 2 is 2.06 bits per heavy atom. The molecule has 0 fully saturated rings. The maximum Gasteiger partial charge on any atom is 0.106 e. The monoisotopic (exact) mass is 250 g/mol. The summed E-state index contributed by atoms with van der Waals surface area (Å²) < 4.78 is 11.1. The fraction of sp³-hybridized carbons (Fsp3) is 0.600. The van der Waals surface area contributed by atoms with Crippen molar-refractivity contribution in [3.8, 4) is 0 Å². The van der Waals surface area contributed by atoms with Crippen LogP contribution < -0.4 is 0 Å². The van der Waals surface area contributed by atoms with Gasteiger partial charge in [-0.1, -0.05) is 37.6 Å². The molecule has 1 aliphatic carbocycles. The standard InChI is InChI=1S/C15H22O3/c1-2-3-8-17-9-10-18-14-11-12-6-4-5-7-13(12)15(14)16/h4-7,14-16H,2-3,8-11H2,1H3. The zero-order valence-corrected chi connectivity index (χ0v) is 11.0. The SMILES string of the molecule is CCCCOCCOC1Cc2ccccc2C1O. The van der Waals surface area contributed by atoms with Crippen LogP contribution in [0.4, 0.5) is 0 Å². The molecule has 0 heterocycles. The van der Waals surface area contributed by atoms with Gasteiger partial charge in [0.05, 0.1) is 19.3 Å². The third kappa shape index (κ3) is 3.31. The largest absolute Gasteiger partial charge is 0.386 e. The van der Waals surface area contributed by atoms with Crippen molar-refractivity contribution in [3.63, 3.8) is 0 Å². The van der Waals surface area contributed by atoms with Crippen LogP contribution in [0.25, 0.3) is 0 Å². The van der Waals surface area contributed by atoms with Crippen molar-refractivity contribution in [3.05, 3.63) is 35.4 Å². The number of aliphatic hydroxyl groups excluding tert-OH is 1. The molecule has 0 bridgehead atoms. The van der Waals surface area contributed by atoms with Crippen LogP contribution in [-0.4, -0.2) is 31.0 Å². The zero-order valence-electron chi connectivity index (χ0n) is 11.0. The lowest BCUT2D eigenvalue weighted by Crippen LogP contribution is -2.20. The van der Waals surface area contributed by atoms with Gasteiger partial charge in [-0.25, -0.2) is 0 Å². The summed E-state index contributed by atoms with van der Waals surface area (Å²) in [4.78, 5) is 0. The van der Waals surface area contributed by atoms with Crippen LogP contribution in [0.15, 0.2) is 24.3 Å². The second-order valence-electron chi connectivity index (χ2n) is 4.72. The molecule has 1 N–H and O–H groups in total. The predicted molar refractivity (Wildman–Crippen MR) is 70.6 cm³/mol.